The smallest absolute Gasteiger partial charge is 0.0207 e. The van der Waals surface area contributed by atoms with Crippen LogP contribution in [0.2, 0.25) is 0 Å². The average molecular weight is 234 g/mol. The van der Waals surface area contributed by atoms with Crippen LogP contribution in [-0.4, -0.2) is 36.6 Å². The highest BCUT2D eigenvalue weighted by Crippen LogP contribution is 2.48. The molecule has 3 aliphatic carbocycles. The van der Waals surface area contributed by atoms with Crippen molar-refractivity contribution in [3.63, 3.8) is 0 Å². The Morgan fingerprint density at radius 2 is 1.65 bits per heavy atom. The normalized spacial score (nSPS) is 34.8. The molecule has 0 amide bonds. The Morgan fingerprint density at radius 3 is 2.24 bits per heavy atom. The third kappa shape index (κ3) is 2.53. The van der Waals surface area contributed by atoms with Crippen molar-refractivity contribution >= 4 is 0 Å². The van der Waals surface area contributed by atoms with Crippen molar-refractivity contribution < 1.29 is 0 Å². The van der Waals surface area contributed by atoms with Gasteiger partial charge in [-0.05, 0) is 69.2 Å². The van der Waals surface area contributed by atoms with E-state index in [4.69, 9.17) is 0 Å². The third-order valence-corrected chi connectivity index (χ3v) is 5.38. The van der Waals surface area contributed by atoms with Crippen molar-refractivity contribution in [1.29, 1.82) is 0 Å². The number of hydrogen-bond donors (Lipinski definition) is 1. The highest BCUT2D eigenvalue weighted by atomic mass is 15.2. The SMILES string of the molecule is C1CN(C2CC2)CC1NCC(C1CC1)C1CC1. The fourth-order valence-electron chi connectivity index (χ4n) is 3.79. The predicted molar refractivity (Wildman–Crippen MR) is 69.9 cm³/mol. The highest BCUT2D eigenvalue weighted by Gasteiger charge is 2.41. The number of nitrogens with zero attached hydrogens (tertiary/aromatic N) is 1. The summed E-state index contributed by atoms with van der Waals surface area (Å²) in [5.41, 5.74) is 0. The summed E-state index contributed by atoms with van der Waals surface area (Å²) in [7, 11) is 0. The predicted octanol–water partition coefficient (Wildman–Crippen LogP) is 2.25. The maximum atomic E-state index is 3.90. The summed E-state index contributed by atoms with van der Waals surface area (Å²) in [4.78, 5) is 2.72. The molecule has 0 aromatic rings. The van der Waals surface area contributed by atoms with Gasteiger partial charge in [0.1, 0.15) is 0 Å². The van der Waals surface area contributed by atoms with Gasteiger partial charge in [-0.25, -0.2) is 0 Å². The fourth-order valence-corrected chi connectivity index (χ4v) is 3.79. The summed E-state index contributed by atoms with van der Waals surface area (Å²) >= 11 is 0. The van der Waals surface area contributed by atoms with Crippen LogP contribution in [0, 0.1) is 17.8 Å². The van der Waals surface area contributed by atoms with Gasteiger partial charge in [0.2, 0.25) is 0 Å². The molecule has 2 heteroatoms. The van der Waals surface area contributed by atoms with E-state index in [1.807, 2.05) is 0 Å². The van der Waals surface area contributed by atoms with E-state index in [0.717, 1.165) is 29.8 Å². The van der Waals surface area contributed by atoms with Crippen LogP contribution in [-0.2, 0) is 0 Å². The van der Waals surface area contributed by atoms with Gasteiger partial charge in [0.15, 0.2) is 0 Å². The molecular formula is C15H26N2. The molecule has 1 unspecified atom stereocenters. The van der Waals surface area contributed by atoms with E-state index in [-0.39, 0.29) is 0 Å². The minimum atomic E-state index is 0.815. The van der Waals surface area contributed by atoms with Crippen molar-refractivity contribution in [3.8, 4) is 0 Å². The monoisotopic (exact) mass is 234 g/mol. The molecule has 2 nitrogen and oxygen atoms in total. The van der Waals surface area contributed by atoms with Crippen molar-refractivity contribution in [1.82, 2.24) is 10.2 Å². The minimum absolute atomic E-state index is 0.815. The quantitative estimate of drug-likeness (QED) is 0.758. The summed E-state index contributed by atoms with van der Waals surface area (Å²) in [5.74, 6) is 3.26. The van der Waals surface area contributed by atoms with Crippen LogP contribution in [0.25, 0.3) is 0 Å². The molecule has 1 saturated heterocycles. The molecule has 4 aliphatic rings. The van der Waals surface area contributed by atoms with Crippen molar-refractivity contribution in [2.45, 2.75) is 57.0 Å². The Kier molecular flexibility index (Phi) is 2.69. The molecule has 1 aliphatic heterocycles. The third-order valence-electron chi connectivity index (χ3n) is 5.38. The summed E-state index contributed by atoms with van der Waals surface area (Å²) in [6, 6.07) is 1.79. The Labute approximate surface area is 105 Å². The van der Waals surface area contributed by atoms with E-state index in [1.54, 1.807) is 0 Å². The van der Waals surface area contributed by atoms with Gasteiger partial charge in [0.05, 0.1) is 0 Å². The topological polar surface area (TPSA) is 15.3 Å². The van der Waals surface area contributed by atoms with E-state index in [0.29, 0.717) is 0 Å². The molecule has 17 heavy (non-hydrogen) atoms. The highest BCUT2D eigenvalue weighted by molar-refractivity contribution is 4.95. The zero-order valence-electron chi connectivity index (χ0n) is 10.9. The van der Waals surface area contributed by atoms with Gasteiger partial charge in [-0.1, -0.05) is 0 Å². The molecule has 1 atom stereocenters. The van der Waals surface area contributed by atoms with Crippen LogP contribution in [0.15, 0.2) is 0 Å². The fraction of sp³-hybridized carbons (Fsp3) is 1.00. The number of rotatable bonds is 6. The Bertz CT molecular complexity index is 267. The Hall–Kier alpha value is -0.0800. The molecule has 4 rings (SSSR count). The minimum Gasteiger partial charge on any atom is -0.312 e. The average Bonchev–Trinajstić information content (AvgIpc) is 3.19. The standard InChI is InChI=1S/C15H26N2/c1-2-11(1)15(12-3-4-12)9-16-13-7-8-17(10-13)14-5-6-14/h11-16H,1-10H2. The second-order valence-corrected chi connectivity index (χ2v) is 6.96. The zero-order valence-corrected chi connectivity index (χ0v) is 10.9. The Balaban J connectivity index is 1.24. The maximum Gasteiger partial charge on any atom is 0.0207 e. The first kappa shape index (κ1) is 10.8. The second-order valence-electron chi connectivity index (χ2n) is 6.96. The number of nitrogens with one attached hydrogen (secondary N) is 1. The van der Waals surface area contributed by atoms with Crippen molar-refractivity contribution in [3.05, 3.63) is 0 Å². The van der Waals surface area contributed by atoms with E-state index < -0.39 is 0 Å². The summed E-state index contributed by atoms with van der Waals surface area (Å²) < 4.78 is 0. The molecule has 0 radical (unpaired) electrons. The summed E-state index contributed by atoms with van der Waals surface area (Å²) in [5, 5.41) is 3.90. The van der Waals surface area contributed by atoms with Crippen molar-refractivity contribution in [2.24, 2.45) is 17.8 Å². The zero-order chi connectivity index (χ0) is 11.2. The lowest BCUT2D eigenvalue weighted by Crippen LogP contribution is -2.37. The molecule has 4 fully saturated rings. The Morgan fingerprint density at radius 1 is 0.941 bits per heavy atom. The largest absolute Gasteiger partial charge is 0.312 e. The summed E-state index contributed by atoms with van der Waals surface area (Å²) in [6.07, 6.45) is 10.5. The first-order chi connectivity index (χ1) is 8.40. The lowest BCUT2D eigenvalue weighted by atomic mass is 9.97. The van der Waals surface area contributed by atoms with E-state index >= 15 is 0 Å². The van der Waals surface area contributed by atoms with Gasteiger partial charge < -0.3 is 5.32 Å². The lowest BCUT2D eigenvalue weighted by molar-refractivity contribution is 0.307. The van der Waals surface area contributed by atoms with Crippen molar-refractivity contribution in [2.75, 3.05) is 19.6 Å². The van der Waals surface area contributed by atoms with E-state index in [1.165, 1.54) is 64.6 Å². The van der Waals surface area contributed by atoms with Crippen LogP contribution in [0.4, 0.5) is 0 Å². The molecule has 3 saturated carbocycles. The van der Waals surface area contributed by atoms with Gasteiger partial charge in [0, 0.05) is 25.2 Å². The van der Waals surface area contributed by atoms with Gasteiger partial charge in [-0.3, -0.25) is 4.90 Å². The summed E-state index contributed by atoms with van der Waals surface area (Å²) in [6.45, 7) is 4.03. The molecular weight excluding hydrogens is 208 g/mol. The van der Waals surface area contributed by atoms with Gasteiger partial charge >= 0.3 is 0 Å². The first-order valence-electron chi connectivity index (χ1n) is 7.87. The van der Waals surface area contributed by atoms with E-state index in [9.17, 15) is 0 Å². The van der Waals surface area contributed by atoms with Gasteiger partial charge in [-0.15, -0.1) is 0 Å². The van der Waals surface area contributed by atoms with Gasteiger partial charge in [-0.2, -0.15) is 0 Å². The molecule has 0 aromatic carbocycles. The van der Waals surface area contributed by atoms with E-state index in [2.05, 4.69) is 10.2 Å². The first-order valence-corrected chi connectivity index (χ1v) is 7.87. The molecule has 0 aromatic heterocycles. The van der Waals surface area contributed by atoms with Gasteiger partial charge in [0.25, 0.3) is 0 Å². The maximum absolute atomic E-state index is 3.90. The molecule has 0 bridgehead atoms. The molecule has 0 spiro atoms. The van der Waals surface area contributed by atoms with Crippen LogP contribution in [0.1, 0.15) is 44.9 Å². The molecule has 1 N–H and O–H groups in total. The van der Waals surface area contributed by atoms with Crippen LogP contribution < -0.4 is 5.32 Å². The number of hydrogen-bond acceptors (Lipinski definition) is 2. The van der Waals surface area contributed by atoms with Crippen LogP contribution >= 0.6 is 0 Å². The number of likely N-dealkylation sites (tertiary alicyclic amines) is 1. The van der Waals surface area contributed by atoms with Crippen LogP contribution in [0.3, 0.4) is 0 Å². The second kappa shape index (κ2) is 4.24. The van der Waals surface area contributed by atoms with Crippen LogP contribution in [0.5, 0.6) is 0 Å². The molecule has 1 heterocycles. The lowest BCUT2D eigenvalue weighted by Gasteiger charge is -2.20. The molecule has 96 valence electrons.